The molecule has 0 radical (unpaired) electrons. The number of ether oxygens (including phenoxy) is 2. The maximum atomic E-state index is 12.4. The van der Waals surface area contributed by atoms with E-state index in [-0.39, 0.29) is 37.0 Å². The number of morpholine rings is 1. The number of aromatic nitrogens is 1. The van der Waals surface area contributed by atoms with Gasteiger partial charge in [0.05, 0.1) is 38.4 Å². The third-order valence-corrected chi connectivity index (χ3v) is 4.78. The van der Waals surface area contributed by atoms with Crippen LogP contribution in [0, 0.1) is 0 Å². The molecule has 0 unspecified atom stereocenters. The Kier molecular flexibility index (Phi) is 6.54. The van der Waals surface area contributed by atoms with Crippen molar-refractivity contribution in [1.29, 1.82) is 0 Å². The van der Waals surface area contributed by atoms with Crippen molar-refractivity contribution in [3.05, 3.63) is 30.1 Å². The highest BCUT2D eigenvalue weighted by molar-refractivity contribution is 5.92. The lowest BCUT2D eigenvalue weighted by molar-refractivity contribution is -0.143. The van der Waals surface area contributed by atoms with Crippen molar-refractivity contribution in [3.63, 3.8) is 0 Å². The average molecular weight is 363 g/mol. The van der Waals surface area contributed by atoms with Gasteiger partial charge in [-0.05, 0) is 25.0 Å². The first-order chi connectivity index (χ1) is 12.7. The van der Waals surface area contributed by atoms with Crippen LogP contribution >= 0.6 is 0 Å². The number of amides is 2. The van der Waals surface area contributed by atoms with Crippen LogP contribution in [0.3, 0.4) is 0 Å². The molecule has 0 bridgehead atoms. The SMILES string of the molecule is O=C(N[C@@H]1CC[C@H](CC(=O)N2CCOCC2)O[C@@H]1CO)c1ccccn1. The fraction of sp³-hybridized carbons (Fsp3) is 0.611. The fourth-order valence-electron chi connectivity index (χ4n) is 3.32. The summed E-state index contributed by atoms with van der Waals surface area (Å²) >= 11 is 0. The van der Waals surface area contributed by atoms with E-state index in [1.807, 2.05) is 0 Å². The van der Waals surface area contributed by atoms with Crippen LogP contribution in [0.25, 0.3) is 0 Å². The molecule has 8 nitrogen and oxygen atoms in total. The Hall–Kier alpha value is -2.03. The molecule has 26 heavy (non-hydrogen) atoms. The third kappa shape index (κ3) is 4.78. The molecule has 2 amide bonds. The molecule has 2 aliphatic rings. The Morgan fingerprint density at radius 1 is 1.27 bits per heavy atom. The van der Waals surface area contributed by atoms with Gasteiger partial charge in [-0.2, -0.15) is 0 Å². The number of pyridine rings is 1. The minimum atomic E-state index is -0.529. The van der Waals surface area contributed by atoms with E-state index in [1.54, 1.807) is 29.3 Å². The molecule has 2 aliphatic heterocycles. The van der Waals surface area contributed by atoms with E-state index in [4.69, 9.17) is 9.47 Å². The lowest BCUT2D eigenvalue weighted by Crippen LogP contribution is -2.52. The molecule has 0 saturated carbocycles. The zero-order chi connectivity index (χ0) is 18.4. The molecule has 3 atom stereocenters. The van der Waals surface area contributed by atoms with Gasteiger partial charge >= 0.3 is 0 Å². The Bertz CT molecular complexity index is 606. The first-order valence-corrected chi connectivity index (χ1v) is 9.01. The van der Waals surface area contributed by atoms with Gasteiger partial charge in [0.1, 0.15) is 11.8 Å². The van der Waals surface area contributed by atoms with Crippen LogP contribution in [-0.4, -0.2) is 78.0 Å². The molecule has 2 fully saturated rings. The van der Waals surface area contributed by atoms with E-state index >= 15 is 0 Å². The van der Waals surface area contributed by atoms with E-state index < -0.39 is 6.10 Å². The van der Waals surface area contributed by atoms with Crippen LogP contribution in [0.4, 0.5) is 0 Å². The largest absolute Gasteiger partial charge is 0.394 e. The van der Waals surface area contributed by atoms with Crippen molar-refractivity contribution in [2.75, 3.05) is 32.9 Å². The monoisotopic (exact) mass is 363 g/mol. The van der Waals surface area contributed by atoms with Crippen molar-refractivity contribution >= 4 is 11.8 Å². The van der Waals surface area contributed by atoms with Gasteiger partial charge in [0.2, 0.25) is 5.91 Å². The summed E-state index contributed by atoms with van der Waals surface area (Å²) in [5.41, 5.74) is 0.328. The van der Waals surface area contributed by atoms with E-state index in [0.717, 1.165) is 0 Å². The number of nitrogens with one attached hydrogen (secondary N) is 1. The summed E-state index contributed by atoms with van der Waals surface area (Å²) in [5.74, 6) is -0.244. The minimum Gasteiger partial charge on any atom is -0.394 e. The second-order valence-corrected chi connectivity index (χ2v) is 6.55. The van der Waals surface area contributed by atoms with E-state index in [2.05, 4.69) is 10.3 Å². The third-order valence-electron chi connectivity index (χ3n) is 4.78. The number of aliphatic hydroxyl groups is 1. The highest BCUT2D eigenvalue weighted by Gasteiger charge is 2.34. The molecule has 1 aromatic rings. The second-order valence-electron chi connectivity index (χ2n) is 6.55. The van der Waals surface area contributed by atoms with Gasteiger partial charge < -0.3 is 24.8 Å². The predicted octanol–water partition coefficient (Wildman–Crippen LogP) is -0.0312. The molecule has 8 heteroatoms. The molecular formula is C18H25N3O5. The lowest BCUT2D eigenvalue weighted by atomic mass is 9.96. The smallest absolute Gasteiger partial charge is 0.270 e. The van der Waals surface area contributed by atoms with Crippen molar-refractivity contribution in [3.8, 4) is 0 Å². The summed E-state index contributed by atoms with van der Waals surface area (Å²) in [4.78, 5) is 30.4. The highest BCUT2D eigenvalue weighted by atomic mass is 16.5. The van der Waals surface area contributed by atoms with E-state index in [9.17, 15) is 14.7 Å². The normalized spacial score (nSPS) is 26.3. The van der Waals surface area contributed by atoms with Gasteiger partial charge in [0, 0.05) is 19.3 Å². The number of carbonyl (C=O) groups excluding carboxylic acids is 2. The molecule has 1 aromatic heterocycles. The summed E-state index contributed by atoms with van der Waals surface area (Å²) in [6, 6.07) is 4.82. The molecular weight excluding hydrogens is 338 g/mol. The number of aliphatic hydroxyl groups excluding tert-OH is 1. The van der Waals surface area contributed by atoms with Gasteiger partial charge in [-0.1, -0.05) is 6.07 Å². The molecule has 2 saturated heterocycles. The number of rotatable bonds is 5. The van der Waals surface area contributed by atoms with E-state index in [0.29, 0.717) is 44.8 Å². The van der Waals surface area contributed by atoms with Gasteiger partial charge in [0.25, 0.3) is 5.91 Å². The molecule has 0 spiro atoms. The Labute approximate surface area is 152 Å². The Morgan fingerprint density at radius 2 is 2.08 bits per heavy atom. The van der Waals surface area contributed by atoms with Crippen LogP contribution in [0.15, 0.2) is 24.4 Å². The standard InChI is InChI=1S/C18H25N3O5/c22-12-16-14(20-18(24)15-3-1-2-6-19-15)5-4-13(26-16)11-17(23)21-7-9-25-10-8-21/h1-3,6,13-14,16,22H,4-5,7-12H2,(H,20,24)/t13-,14-,16-/m1/s1. The number of hydrogen-bond acceptors (Lipinski definition) is 6. The lowest BCUT2D eigenvalue weighted by Gasteiger charge is -2.37. The summed E-state index contributed by atoms with van der Waals surface area (Å²) in [6.45, 7) is 2.14. The molecule has 2 N–H and O–H groups in total. The summed E-state index contributed by atoms with van der Waals surface area (Å²) in [7, 11) is 0. The number of nitrogens with zero attached hydrogens (tertiary/aromatic N) is 2. The van der Waals surface area contributed by atoms with Crippen molar-refractivity contribution < 1.29 is 24.2 Å². The van der Waals surface area contributed by atoms with Gasteiger partial charge in [-0.25, -0.2) is 0 Å². The van der Waals surface area contributed by atoms with Crippen LogP contribution in [0.5, 0.6) is 0 Å². The topological polar surface area (TPSA) is 101 Å². The molecule has 3 heterocycles. The second kappa shape index (κ2) is 9.07. The van der Waals surface area contributed by atoms with Gasteiger partial charge in [-0.15, -0.1) is 0 Å². The maximum Gasteiger partial charge on any atom is 0.270 e. The predicted molar refractivity (Wildman–Crippen MR) is 92.5 cm³/mol. The zero-order valence-corrected chi connectivity index (χ0v) is 14.7. The van der Waals surface area contributed by atoms with Crippen LogP contribution in [0.2, 0.25) is 0 Å². The van der Waals surface area contributed by atoms with Crippen molar-refractivity contribution in [1.82, 2.24) is 15.2 Å². The van der Waals surface area contributed by atoms with Crippen molar-refractivity contribution in [2.45, 2.75) is 37.5 Å². The zero-order valence-electron chi connectivity index (χ0n) is 14.7. The summed E-state index contributed by atoms with van der Waals surface area (Å²) in [5, 5.41) is 12.5. The minimum absolute atomic E-state index is 0.0472. The molecule has 0 aliphatic carbocycles. The van der Waals surface area contributed by atoms with Crippen LogP contribution < -0.4 is 5.32 Å². The molecule has 0 aromatic carbocycles. The Morgan fingerprint density at radius 3 is 2.77 bits per heavy atom. The van der Waals surface area contributed by atoms with Gasteiger partial charge in [0.15, 0.2) is 0 Å². The summed E-state index contributed by atoms with van der Waals surface area (Å²) < 4.78 is 11.1. The first kappa shape index (κ1) is 18.8. The summed E-state index contributed by atoms with van der Waals surface area (Å²) in [6.07, 6.45) is 2.37. The average Bonchev–Trinajstić information content (AvgIpc) is 2.70. The Balaban J connectivity index is 1.51. The fourth-order valence-corrected chi connectivity index (χ4v) is 3.32. The molecule has 3 rings (SSSR count). The quantitative estimate of drug-likeness (QED) is 0.762. The molecule has 142 valence electrons. The first-order valence-electron chi connectivity index (χ1n) is 9.01. The highest BCUT2D eigenvalue weighted by Crippen LogP contribution is 2.23. The number of carbonyl (C=O) groups is 2. The number of hydrogen-bond donors (Lipinski definition) is 2. The van der Waals surface area contributed by atoms with Crippen LogP contribution in [0.1, 0.15) is 29.8 Å². The van der Waals surface area contributed by atoms with Crippen molar-refractivity contribution in [2.24, 2.45) is 0 Å². The van der Waals surface area contributed by atoms with Gasteiger partial charge in [-0.3, -0.25) is 14.6 Å². The maximum absolute atomic E-state index is 12.4. The van der Waals surface area contributed by atoms with Crippen LogP contribution in [-0.2, 0) is 14.3 Å². The van der Waals surface area contributed by atoms with E-state index in [1.165, 1.54) is 0 Å².